The molecule has 0 aromatic carbocycles. The number of carboxylic acids is 3. The predicted octanol–water partition coefficient (Wildman–Crippen LogP) is 11.5. The molecule has 0 aliphatic carbocycles. The Morgan fingerprint density at radius 3 is 0.667 bits per heavy atom. The van der Waals surface area contributed by atoms with Gasteiger partial charge in [-0.3, -0.25) is 14.4 Å². The molecule has 0 radical (unpaired) electrons. The number of hydrogen-bond acceptors (Lipinski definition) is 3. The molecular weight excluding hydrogens is 580 g/mol. The van der Waals surface area contributed by atoms with Crippen molar-refractivity contribution in [3.63, 3.8) is 0 Å². The number of hydrogen-bond donors (Lipinski definition) is 3. The zero-order valence-electron chi connectivity index (χ0n) is 30.6. The highest BCUT2D eigenvalue weighted by atomic mass is 28.1. The predicted molar refractivity (Wildman–Crippen MR) is 199 cm³/mol. The van der Waals surface area contributed by atoms with Gasteiger partial charge in [0.1, 0.15) is 0 Å². The fraction of sp³-hybridized carbons (Fsp3) is 0.868. The molecule has 0 aromatic rings. The van der Waals surface area contributed by atoms with Gasteiger partial charge in [0.05, 0.1) is 0 Å². The normalized spacial score (nSPS) is 10.0. The molecule has 0 fully saturated rings. The lowest BCUT2D eigenvalue weighted by Crippen LogP contribution is -1.93. The molecule has 0 rings (SSSR count). The molecule has 0 bridgehead atoms. The molecule has 270 valence electrons. The summed E-state index contributed by atoms with van der Waals surface area (Å²) in [6.07, 6.45) is 34.4. The lowest BCUT2D eigenvalue weighted by Gasteiger charge is -2.00. The lowest BCUT2D eigenvalue weighted by molar-refractivity contribution is -0.138. The molecule has 0 aromatic heterocycles. The molecule has 6 nitrogen and oxygen atoms in total. The summed E-state index contributed by atoms with van der Waals surface area (Å²) in [6.45, 7) is 10.1. The van der Waals surface area contributed by atoms with E-state index in [9.17, 15) is 14.4 Å². The van der Waals surface area contributed by atoms with Gasteiger partial charge >= 0.3 is 17.9 Å². The molecule has 0 saturated carbocycles. The Bertz CT molecular complexity index is 521. The molecule has 3 N–H and O–H groups in total. The quantitative estimate of drug-likeness (QED) is 0.0523. The average molecular weight is 659 g/mol. The van der Waals surface area contributed by atoms with Crippen molar-refractivity contribution in [2.24, 2.45) is 0 Å². The van der Waals surface area contributed by atoms with E-state index in [1.165, 1.54) is 135 Å². The number of unbranched alkanes of at least 4 members (excludes halogenated alkanes) is 24. The van der Waals surface area contributed by atoms with Crippen molar-refractivity contribution in [3.8, 4) is 0 Å². The summed E-state index contributed by atoms with van der Waals surface area (Å²) < 4.78 is 0. The Balaban J connectivity index is -0.000000268. The Labute approximate surface area is 283 Å². The summed E-state index contributed by atoms with van der Waals surface area (Å²) >= 11 is 0. The second-order valence-electron chi connectivity index (χ2n) is 12.3. The van der Waals surface area contributed by atoms with E-state index in [-0.39, 0.29) is 0 Å². The van der Waals surface area contributed by atoms with Gasteiger partial charge in [0.2, 0.25) is 0 Å². The van der Waals surface area contributed by atoms with Gasteiger partial charge in [-0.2, -0.15) is 0 Å². The fourth-order valence-electron chi connectivity index (χ4n) is 4.76. The highest BCUT2D eigenvalue weighted by Gasteiger charge is 1.98. The highest BCUT2D eigenvalue weighted by molar-refractivity contribution is 6.16. The number of rotatable bonds is 30. The molecule has 0 amide bonds. The Morgan fingerprint density at radius 1 is 0.400 bits per heavy atom. The Hall–Kier alpha value is -1.63. The van der Waals surface area contributed by atoms with E-state index in [4.69, 9.17) is 15.3 Å². The van der Waals surface area contributed by atoms with Crippen molar-refractivity contribution in [2.75, 3.05) is 0 Å². The van der Waals surface area contributed by atoms with Crippen molar-refractivity contribution in [1.82, 2.24) is 0 Å². The topological polar surface area (TPSA) is 112 Å². The zero-order chi connectivity index (χ0) is 34.7. The second kappa shape index (κ2) is 49.3. The number of carboxylic acid groups (broad SMARTS) is 3. The van der Waals surface area contributed by atoms with Crippen LogP contribution in [0.5, 0.6) is 0 Å². The van der Waals surface area contributed by atoms with Crippen LogP contribution in [-0.2, 0) is 14.4 Å². The summed E-state index contributed by atoms with van der Waals surface area (Å²) in [4.78, 5) is 30.6. The zero-order valence-corrected chi connectivity index (χ0v) is 32.6. The molecule has 7 heteroatoms. The van der Waals surface area contributed by atoms with Gasteiger partial charge in [0, 0.05) is 29.5 Å². The molecule has 0 atom stereocenters. The SMILES string of the molecule is C=C[SiH3].CCCCCCCCCCCC(=O)O.CCCCCCCCCCCC(=O)O.CCCCCCCCCCCC(=O)O. The van der Waals surface area contributed by atoms with Crippen LogP contribution in [0, 0.1) is 0 Å². The molecule has 0 aliphatic rings. The van der Waals surface area contributed by atoms with Gasteiger partial charge in [-0.15, -0.1) is 12.3 Å². The average Bonchev–Trinajstić information content (AvgIpc) is 2.99. The third-order valence-corrected chi connectivity index (χ3v) is 7.48. The minimum absolute atomic E-state index is 0.343. The fourth-order valence-corrected chi connectivity index (χ4v) is 4.76. The molecule has 0 aliphatic heterocycles. The van der Waals surface area contributed by atoms with Gasteiger partial charge in [-0.25, -0.2) is 0 Å². The van der Waals surface area contributed by atoms with Crippen LogP contribution in [0.25, 0.3) is 0 Å². The number of carbonyl (C=O) groups is 3. The van der Waals surface area contributed by atoms with Crippen LogP contribution in [0.15, 0.2) is 12.3 Å². The van der Waals surface area contributed by atoms with Crippen molar-refractivity contribution in [2.45, 2.75) is 213 Å². The third kappa shape index (κ3) is 70.2. The maximum absolute atomic E-state index is 10.2. The van der Waals surface area contributed by atoms with Crippen LogP contribution in [-0.4, -0.2) is 43.5 Å². The van der Waals surface area contributed by atoms with Gasteiger partial charge in [0.25, 0.3) is 0 Å². The van der Waals surface area contributed by atoms with Crippen LogP contribution in [0.2, 0.25) is 0 Å². The Morgan fingerprint density at radius 2 is 0.533 bits per heavy atom. The van der Waals surface area contributed by atoms with Crippen molar-refractivity contribution in [3.05, 3.63) is 12.3 Å². The first kappa shape index (κ1) is 50.2. The molecule has 45 heavy (non-hydrogen) atoms. The summed E-state index contributed by atoms with van der Waals surface area (Å²) in [5, 5.41) is 25.2. The van der Waals surface area contributed by atoms with Crippen LogP contribution in [0.3, 0.4) is 0 Å². The van der Waals surface area contributed by atoms with Crippen molar-refractivity contribution >= 4 is 28.2 Å². The molecule has 0 heterocycles. The van der Waals surface area contributed by atoms with E-state index in [1.54, 1.807) is 0 Å². The Kier molecular flexibility index (Phi) is 55.0. The molecule has 0 saturated heterocycles. The van der Waals surface area contributed by atoms with Gasteiger partial charge < -0.3 is 15.3 Å². The maximum atomic E-state index is 10.2. The van der Waals surface area contributed by atoms with E-state index >= 15 is 0 Å². The van der Waals surface area contributed by atoms with E-state index in [1.807, 2.05) is 5.70 Å². The molecule has 0 spiro atoms. The van der Waals surface area contributed by atoms with Gasteiger partial charge in [-0.1, -0.05) is 175 Å². The first-order chi connectivity index (χ1) is 21.7. The second-order valence-corrected chi connectivity index (χ2v) is 13.1. The summed E-state index contributed by atoms with van der Waals surface area (Å²) in [5.41, 5.74) is 1.89. The summed E-state index contributed by atoms with van der Waals surface area (Å²) in [7, 11) is 1.13. The van der Waals surface area contributed by atoms with E-state index in [2.05, 4.69) is 27.4 Å². The van der Waals surface area contributed by atoms with Crippen LogP contribution >= 0.6 is 0 Å². The highest BCUT2D eigenvalue weighted by Crippen LogP contribution is 2.12. The third-order valence-electron chi connectivity index (χ3n) is 7.48. The maximum Gasteiger partial charge on any atom is 0.303 e. The van der Waals surface area contributed by atoms with E-state index in [0.717, 1.165) is 48.8 Å². The van der Waals surface area contributed by atoms with Gasteiger partial charge in [-0.05, 0) is 19.3 Å². The first-order valence-corrected chi connectivity index (χ1v) is 20.1. The number of aliphatic carboxylic acids is 3. The lowest BCUT2D eigenvalue weighted by atomic mass is 10.1. The first-order valence-electron chi connectivity index (χ1n) is 19.0. The minimum Gasteiger partial charge on any atom is -0.481 e. The van der Waals surface area contributed by atoms with Crippen LogP contribution in [0.1, 0.15) is 213 Å². The van der Waals surface area contributed by atoms with E-state index < -0.39 is 17.9 Å². The summed E-state index contributed by atoms with van der Waals surface area (Å²) in [5.74, 6) is -1.98. The van der Waals surface area contributed by atoms with Gasteiger partial charge in [0.15, 0.2) is 0 Å². The minimum atomic E-state index is -0.659. The monoisotopic (exact) mass is 659 g/mol. The molecular formula is C38H78O6Si. The smallest absolute Gasteiger partial charge is 0.303 e. The largest absolute Gasteiger partial charge is 0.481 e. The standard InChI is InChI=1S/3C12H24O2.C2H6Si/c3*1-2-3-4-5-6-7-8-9-10-11-12(13)14;1-2-3/h3*2-11H2,1H3,(H,13,14);2H,1H2,3H3. The van der Waals surface area contributed by atoms with E-state index in [0.29, 0.717) is 19.3 Å². The van der Waals surface area contributed by atoms with Crippen LogP contribution in [0.4, 0.5) is 0 Å². The van der Waals surface area contributed by atoms with Crippen LogP contribution < -0.4 is 0 Å². The molecule has 0 unspecified atom stereocenters. The van der Waals surface area contributed by atoms with Crippen molar-refractivity contribution in [1.29, 1.82) is 0 Å². The summed E-state index contributed by atoms with van der Waals surface area (Å²) in [6, 6.07) is 0. The van der Waals surface area contributed by atoms with Crippen molar-refractivity contribution < 1.29 is 29.7 Å².